The van der Waals surface area contributed by atoms with Gasteiger partial charge in [0, 0.05) is 28.1 Å². The second-order valence-corrected chi connectivity index (χ2v) is 7.63. The Morgan fingerprint density at radius 2 is 1.77 bits per heavy atom. The molecular weight excluding hydrogens is 384 g/mol. The van der Waals surface area contributed by atoms with Crippen molar-refractivity contribution < 1.29 is 0 Å². The van der Waals surface area contributed by atoms with Crippen molar-refractivity contribution in [1.82, 2.24) is 9.55 Å². The SMILES string of the molecule is O=c1c2c(-c3ccccc3Cl)csc2[nH]c(=S)n1CCc1ccccc1. The predicted octanol–water partition coefficient (Wildman–Crippen LogP) is 5.68. The van der Waals surface area contributed by atoms with Gasteiger partial charge in [0.2, 0.25) is 0 Å². The summed E-state index contributed by atoms with van der Waals surface area (Å²) >= 11 is 13.2. The van der Waals surface area contributed by atoms with Gasteiger partial charge in [-0.05, 0) is 30.3 Å². The zero-order valence-corrected chi connectivity index (χ0v) is 16.1. The van der Waals surface area contributed by atoms with E-state index in [0.29, 0.717) is 21.7 Å². The quantitative estimate of drug-likeness (QED) is 0.449. The molecule has 4 rings (SSSR count). The molecule has 0 atom stereocenters. The standard InChI is InChI=1S/C20H15ClN2OS2/c21-16-9-5-4-8-14(16)15-12-26-18-17(15)19(24)23(20(25)22-18)11-10-13-6-2-1-3-7-13/h1-9,12H,10-11H2,(H,22,25). The molecule has 0 bridgehead atoms. The number of benzene rings is 2. The van der Waals surface area contributed by atoms with Crippen LogP contribution < -0.4 is 5.56 Å². The summed E-state index contributed by atoms with van der Waals surface area (Å²) in [5, 5.41) is 3.23. The molecule has 0 spiro atoms. The summed E-state index contributed by atoms with van der Waals surface area (Å²) in [5.74, 6) is 0. The van der Waals surface area contributed by atoms with Crippen LogP contribution in [0, 0.1) is 4.77 Å². The number of aromatic amines is 1. The third kappa shape index (κ3) is 3.14. The average Bonchev–Trinajstić information content (AvgIpc) is 3.06. The van der Waals surface area contributed by atoms with Gasteiger partial charge >= 0.3 is 0 Å². The van der Waals surface area contributed by atoms with Crippen LogP contribution >= 0.6 is 35.2 Å². The number of aryl methyl sites for hydroxylation is 1. The number of rotatable bonds is 4. The Bertz CT molecular complexity index is 1190. The van der Waals surface area contributed by atoms with Crippen molar-refractivity contribution in [3.8, 4) is 11.1 Å². The molecule has 0 amide bonds. The maximum Gasteiger partial charge on any atom is 0.263 e. The highest BCUT2D eigenvalue weighted by atomic mass is 35.5. The highest BCUT2D eigenvalue weighted by Crippen LogP contribution is 2.34. The number of fused-ring (bicyclic) bond motifs is 1. The monoisotopic (exact) mass is 398 g/mol. The van der Waals surface area contributed by atoms with Crippen LogP contribution in [0.2, 0.25) is 5.02 Å². The first-order valence-corrected chi connectivity index (χ1v) is 9.85. The third-order valence-electron chi connectivity index (χ3n) is 4.35. The van der Waals surface area contributed by atoms with Crippen LogP contribution in [0.1, 0.15) is 5.56 Å². The molecule has 0 aliphatic carbocycles. The highest BCUT2D eigenvalue weighted by molar-refractivity contribution is 7.71. The highest BCUT2D eigenvalue weighted by Gasteiger charge is 2.15. The van der Waals surface area contributed by atoms with E-state index in [1.165, 1.54) is 16.9 Å². The van der Waals surface area contributed by atoms with E-state index in [1.54, 1.807) is 4.57 Å². The Labute approximate surface area is 164 Å². The Kier molecular flexibility index (Phi) is 4.76. The summed E-state index contributed by atoms with van der Waals surface area (Å²) in [6.07, 6.45) is 0.745. The lowest BCUT2D eigenvalue weighted by Gasteiger charge is -2.08. The number of aromatic nitrogens is 2. The largest absolute Gasteiger partial charge is 0.323 e. The minimum atomic E-state index is -0.0733. The fraction of sp³-hybridized carbons (Fsp3) is 0.100. The first-order chi connectivity index (χ1) is 12.6. The lowest BCUT2D eigenvalue weighted by atomic mass is 10.1. The number of thiophene rings is 1. The first-order valence-electron chi connectivity index (χ1n) is 8.18. The molecule has 130 valence electrons. The van der Waals surface area contributed by atoms with Gasteiger partial charge in [-0.15, -0.1) is 11.3 Å². The van der Waals surface area contributed by atoms with Crippen molar-refractivity contribution in [2.45, 2.75) is 13.0 Å². The summed E-state index contributed by atoms with van der Waals surface area (Å²) in [5.41, 5.74) is 2.80. The van der Waals surface area contributed by atoms with Gasteiger partial charge in [-0.3, -0.25) is 9.36 Å². The van der Waals surface area contributed by atoms with Crippen molar-refractivity contribution >= 4 is 45.4 Å². The molecule has 2 aromatic carbocycles. The molecule has 4 aromatic rings. The van der Waals surface area contributed by atoms with E-state index in [9.17, 15) is 4.79 Å². The molecule has 0 aliphatic rings. The van der Waals surface area contributed by atoms with Crippen molar-refractivity contribution in [1.29, 1.82) is 0 Å². The molecule has 2 heterocycles. The lowest BCUT2D eigenvalue weighted by molar-refractivity contribution is 0.653. The van der Waals surface area contributed by atoms with E-state index in [0.717, 1.165) is 22.4 Å². The van der Waals surface area contributed by atoms with Gasteiger partial charge in [0.25, 0.3) is 5.56 Å². The molecular formula is C20H15ClN2OS2. The Hall–Kier alpha value is -2.21. The van der Waals surface area contributed by atoms with E-state index in [4.69, 9.17) is 23.8 Å². The number of H-pyrrole nitrogens is 1. The second kappa shape index (κ2) is 7.19. The number of nitrogens with one attached hydrogen (secondary N) is 1. The average molecular weight is 399 g/mol. The van der Waals surface area contributed by atoms with Gasteiger partial charge in [0.15, 0.2) is 4.77 Å². The molecule has 6 heteroatoms. The van der Waals surface area contributed by atoms with E-state index in [-0.39, 0.29) is 5.56 Å². The molecule has 0 fully saturated rings. The van der Waals surface area contributed by atoms with Crippen LogP contribution in [-0.4, -0.2) is 9.55 Å². The Morgan fingerprint density at radius 1 is 1.04 bits per heavy atom. The fourth-order valence-electron chi connectivity index (χ4n) is 3.02. The molecule has 3 nitrogen and oxygen atoms in total. The van der Waals surface area contributed by atoms with Crippen molar-refractivity contribution in [3.05, 3.63) is 85.7 Å². The van der Waals surface area contributed by atoms with Crippen molar-refractivity contribution in [2.24, 2.45) is 0 Å². The van der Waals surface area contributed by atoms with Crippen LogP contribution in [0.5, 0.6) is 0 Å². The van der Waals surface area contributed by atoms with Crippen molar-refractivity contribution in [3.63, 3.8) is 0 Å². The van der Waals surface area contributed by atoms with E-state index >= 15 is 0 Å². The molecule has 0 unspecified atom stereocenters. The molecule has 1 N–H and O–H groups in total. The smallest absolute Gasteiger partial charge is 0.263 e. The van der Waals surface area contributed by atoms with Gasteiger partial charge in [-0.1, -0.05) is 60.1 Å². The van der Waals surface area contributed by atoms with Crippen LogP contribution in [0.3, 0.4) is 0 Å². The van der Waals surface area contributed by atoms with Crippen molar-refractivity contribution in [2.75, 3.05) is 0 Å². The van der Waals surface area contributed by atoms with Crippen LogP contribution in [0.15, 0.2) is 64.8 Å². The van der Waals surface area contributed by atoms with Crippen LogP contribution in [0.25, 0.3) is 21.3 Å². The number of halogens is 1. The Balaban J connectivity index is 1.83. The summed E-state index contributed by atoms with van der Waals surface area (Å²) in [6.45, 7) is 0.534. The first kappa shape index (κ1) is 17.2. The van der Waals surface area contributed by atoms with Gasteiger partial charge < -0.3 is 4.98 Å². The topological polar surface area (TPSA) is 37.8 Å². The van der Waals surface area contributed by atoms with E-state index in [1.807, 2.05) is 47.8 Å². The van der Waals surface area contributed by atoms with Crippen LogP contribution in [0.4, 0.5) is 0 Å². The molecule has 0 radical (unpaired) electrons. The maximum atomic E-state index is 13.2. The molecule has 26 heavy (non-hydrogen) atoms. The summed E-state index contributed by atoms with van der Waals surface area (Å²) in [4.78, 5) is 17.2. The Morgan fingerprint density at radius 3 is 2.54 bits per heavy atom. The summed E-state index contributed by atoms with van der Waals surface area (Å²) < 4.78 is 2.09. The van der Waals surface area contributed by atoms with Gasteiger partial charge in [-0.2, -0.15) is 0 Å². The molecule has 2 aromatic heterocycles. The zero-order valence-electron chi connectivity index (χ0n) is 13.7. The summed E-state index contributed by atoms with van der Waals surface area (Å²) in [7, 11) is 0. The lowest BCUT2D eigenvalue weighted by Crippen LogP contribution is -2.23. The van der Waals surface area contributed by atoms with Gasteiger partial charge in [0.05, 0.1) is 5.39 Å². The zero-order chi connectivity index (χ0) is 18.1. The van der Waals surface area contributed by atoms with Gasteiger partial charge in [0.1, 0.15) is 4.83 Å². The summed E-state index contributed by atoms with van der Waals surface area (Å²) in [6, 6.07) is 17.6. The normalized spacial score (nSPS) is 11.1. The molecule has 0 saturated heterocycles. The number of nitrogens with zero attached hydrogens (tertiary/aromatic N) is 1. The van der Waals surface area contributed by atoms with E-state index in [2.05, 4.69) is 17.1 Å². The van der Waals surface area contributed by atoms with Gasteiger partial charge in [-0.25, -0.2) is 0 Å². The minimum Gasteiger partial charge on any atom is -0.323 e. The van der Waals surface area contributed by atoms with E-state index < -0.39 is 0 Å². The third-order valence-corrected chi connectivity index (χ3v) is 5.89. The fourth-order valence-corrected chi connectivity index (χ4v) is 4.55. The maximum absolute atomic E-state index is 13.2. The number of hydrogen-bond donors (Lipinski definition) is 1. The second-order valence-electron chi connectivity index (χ2n) is 5.96. The minimum absolute atomic E-state index is 0.0733. The molecule has 0 saturated carbocycles. The predicted molar refractivity (Wildman–Crippen MR) is 112 cm³/mol. The number of hydrogen-bond acceptors (Lipinski definition) is 3. The molecule has 0 aliphatic heterocycles. The van der Waals surface area contributed by atoms with Crippen LogP contribution in [-0.2, 0) is 13.0 Å².